The number of hydrogen-bond donors (Lipinski definition) is 1. The van der Waals surface area contributed by atoms with Crippen LogP contribution in [0.15, 0.2) is 18.2 Å². The minimum absolute atomic E-state index is 0.0524. The van der Waals surface area contributed by atoms with E-state index in [0.29, 0.717) is 16.0 Å². The predicted molar refractivity (Wildman–Crippen MR) is 91.4 cm³/mol. The van der Waals surface area contributed by atoms with Gasteiger partial charge in [0.05, 0.1) is 15.6 Å². The molecule has 0 aromatic heterocycles. The zero-order valence-corrected chi connectivity index (χ0v) is 14.3. The summed E-state index contributed by atoms with van der Waals surface area (Å²) >= 11 is 14.5. The lowest BCUT2D eigenvalue weighted by Crippen LogP contribution is -2.45. The summed E-state index contributed by atoms with van der Waals surface area (Å²) in [7, 11) is 0. The van der Waals surface area contributed by atoms with E-state index < -0.39 is 0 Å². The van der Waals surface area contributed by atoms with E-state index >= 15 is 0 Å². The van der Waals surface area contributed by atoms with Gasteiger partial charge >= 0.3 is 0 Å². The lowest BCUT2D eigenvalue weighted by molar-refractivity contribution is -0.105. The SMILES string of the molecule is NC(c1cccc(Cl)c1Cl)C1CCOC2(CCSCC2)C1. The maximum atomic E-state index is 6.53. The third kappa shape index (κ3) is 3.37. The second-order valence-corrected chi connectivity index (χ2v) is 8.08. The molecule has 0 radical (unpaired) electrons. The summed E-state index contributed by atoms with van der Waals surface area (Å²) in [4.78, 5) is 0. The van der Waals surface area contributed by atoms with Crippen molar-refractivity contribution < 1.29 is 4.74 Å². The summed E-state index contributed by atoms with van der Waals surface area (Å²) in [6.45, 7) is 0.807. The fourth-order valence-electron chi connectivity index (χ4n) is 3.50. The van der Waals surface area contributed by atoms with Gasteiger partial charge in [0.15, 0.2) is 0 Å². The predicted octanol–water partition coefficient (Wildman–Crippen LogP) is 4.69. The lowest BCUT2D eigenvalue weighted by atomic mass is 9.77. The molecular formula is C16H21Cl2NOS. The van der Waals surface area contributed by atoms with Gasteiger partial charge in [-0.1, -0.05) is 35.3 Å². The fourth-order valence-corrected chi connectivity index (χ4v) is 5.17. The van der Waals surface area contributed by atoms with Crippen molar-refractivity contribution >= 4 is 35.0 Å². The van der Waals surface area contributed by atoms with Gasteiger partial charge in [-0.25, -0.2) is 0 Å². The van der Waals surface area contributed by atoms with Gasteiger partial charge in [0.25, 0.3) is 0 Å². The van der Waals surface area contributed by atoms with Crippen LogP contribution in [0.1, 0.15) is 37.3 Å². The highest BCUT2D eigenvalue weighted by Gasteiger charge is 2.40. The Kier molecular flexibility index (Phi) is 5.07. The van der Waals surface area contributed by atoms with Crippen LogP contribution in [0.5, 0.6) is 0 Å². The summed E-state index contributed by atoms with van der Waals surface area (Å²) in [5.74, 6) is 2.80. The van der Waals surface area contributed by atoms with E-state index in [-0.39, 0.29) is 11.6 Å². The van der Waals surface area contributed by atoms with Crippen LogP contribution in [0.25, 0.3) is 0 Å². The van der Waals surface area contributed by atoms with Crippen LogP contribution in [0.3, 0.4) is 0 Å². The number of ether oxygens (including phenoxy) is 1. The number of benzene rings is 1. The molecule has 5 heteroatoms. The zero-order chi connectivity index (χ0) is 14.9. The van der Waals surface area contributed by atoms with E-state index in [9.17, 15) is 0 Å². The standard InChI is InChI=1S/C16H21Cl2NOS/c17-13-3-1-2-12(14(13)18)15(19)11-4-7-20-16(10-11)5-8-21-9-6-16/h1-3,11,15H,4-10,19H2. The Hall–Kier alpha value is 0.0700. The Labute approximate surface area is 140 Å². The third-order valence-electron chi connectivity index (χ3n) is 4.78. The Bertz CT molecular complexity index is 500. The van der Waals surface area contributed by atoms with Crippen LogP contribution in [0.4, 0.5) is 0 Å². The average Bonchev–Trinajstić information content (AvgIpc) is 2.50. The molecular weight excluding hydrogens is 325 g/mol. The average molecular weight is 346 g/mol. The van der Waals surface area contributed by atoms with Crippen molar-refractivity contribution in [1.82, 2.24) is 0 Å². The number of halogens is 2. The van der Waals surface area contributed by atoms with Gasteiger partial charge in [0, 0.05) is 12.6 Å². The molecule has 116 valence electrons. The van der Waals surface area contributed by atoms with E-state index in [4.69, 9.17) is 33.7 Å². The molecule has 0 amide bonds. The van der Waals surface area contributed by atoms with E-state index in [1.165, 1.54) is 11.5 Å². The van der Waals surface area contributed by atoms with Crippen molar-refractivity contribution in [2.24, 2.45) is 11.7 Å². The largest absolute Gasteiger partial charge is 0.375 e. The Morgan fingerprint density at radius 1 is 1.29 bits per heavy atom. The van der Waals surface area contributed by atoms with Crippen LogP contribution in [-0.4, -0.2) is 23.7 Å². The lowest BCUT2D eigenvalue weighted by Gasteiger charge is -2.45. The van der Waals surface area contributed by atoms with Gasteiger partial charge in [-0.2, -0.15) is 11.8 Å². The summed E-state index contributed by atoms with van der Waals surface area (Å²) in [6.07, 6.45) is 4.32. The molecule has 2 atom stereocenters. The summed E-state index contributed by atoms with van der Waals surface area (Å²) < 4.78 is 6.15. The molecule has 1 spiro atoms. The first-order valence-corrected chi connectivity index (χ1v) is 9.44. The van der Waals surface area contributed by atoms with Gasteiger partial charge in [-0.3, -0.25) is 0 Å². The number of rotatable bonds is 2. The van der Waals surface area contributed by atoms with Gasteiger partial charge in [0.1, 0.15) is 0 Å². The zero-order valence-electron chi connectivity index (χ0n) is 12.0. The molecule has 3 rings (SSSR count). The van der Waals surface area contributed by atoms with Crippen molar-refractivity contribution in [2.75, 3.05) is 18.1 Å². The monoisotopic (exact) mass is 345 g/mol. The second kappa shape index (κ2) is 6.67. The van der Waals surface area contributed by atoms with Gasteiger partial charge < -0.3 is 10.5 Å². The van der Waals surface area contributed by atoms with Crippen LogP contribution >= 0.6 is 35.0 Å². The first kappa shape index (κ1) is 15.9. The number of thioether (sulfide) groups is 1. The van der Waals surface area contributed by atoms with E-state index in [2.05, 4.69) is 0 Å². The minimum Gasteiger partial charge on any atom is -0.375 e. The van der Waals surface area contributed by atoms with E-state index in [1.807, 2.05) is 30.0 Å². The van der Waals surface area contributed by atoms with Crippen LogP contribution in [0.2, 0.25) is 10.0 Å². The minimum atomic E-state index is -0.0634. The van der Waals surface area contributed by atoms with Crippen molar-refractivity contribution in [1.29, 1.82) is 0 Å². The highest BCUT2D eigenvalue weighted by Crippen LogP contribution is 2.44. The summed E-state index contributed by atoms with van der Waals surface area (Å²) in [5, 5.41) is 1.19. The molecule has 1 aromatic rings. The van der Waals surface area contributed by atoms with Crippen molar-refractivity contribution in [3.05, 3.63) is 33.8 Å². The van der Waals surface area contributed by atoms with Crippen molar-refractivity contribution in [3.8, 4) is 0 Å². The van der Waals surface area contributed by atoms with E-state index in [0.717, 1.165) is 37.9 Å². The molecule has 21 heavy (non-hydrogen) atoms. The maximum absolute atomic E-state index is 6.53. The normalized spacial score (nSPS) is 26.7. The van der Waals surface area contributed by atoms with Crippen LogP contribution in [-0.2, 0) is 4.74 Å². The molecule has 2 fully saturated rings. The number of nitrogens with two attached hydrogens (primary N) is 1. The first-order chi connectivity index (χ1) is 10.1. The van der Waals surface area contributed by atoms with Gasteiger partial charge in [0.2, 0.25) is 0 Å². The third-order valence-corrected chi connectivity index (χ3v) is 6.60. The smallest absolute Gasteiger partial charge is 0.0701 e. The molecule has 2 unspecified atom stereocenters. The van der Waals surface area contributed by atoms with Crippen LogP contribution in [0, 0.1) is 5.92 Å². The molecule has 0 bridgehead atoms. The van der Waals surface area contributed by atoms with Crippen LogP contribution < -0.4 is 5.73 Å². The first-order valence-electron chi connectivity index (χ1n) is 7.52. The second-order valence-electron chi connectivity index (χ2n) is 6.07. The topological polar surface area (TPSA) is 35.2 Å². The maximum Gasteiger partial charge on any atom is 0.0701 e. The summed E-state index contributed by atoms with van der Waals surface area (Å²) in [5.41, 5.74) is 7.55. The van der Waals surface area contributed by atoms with Gasteiger partial charge in [-0.15, -0.1) is 0 Å². The highest BCUT2D eigenvalue weighted by molar-refractivity contribution is 7.99. The quantitative estimate of drug-likeness (QED) is 0.844. The van der Waals surface area contributed by atoms with Crippen molar-refractivity contribution in [3.63, 3.8) is 0 Å². The number of hydrogen-bond acceptors (Lipinski definition) is 3. The molecule has 1 aromatic carbocycles. The van der Waals surface area contributed by atoms with Crippen molar-refractivity contribution in [2.45, 2.75) is 37.3 Å². The Morgan fingerprint density at radius 2 is 2.05 bits per heavy atom. The molecule has 0 saturated carbocycles. The molecule has 2 aliphatic rings. The Morgan fingerprint density at radius 3 is 2.81 bits per heavy atom. The molecule has 2 nitrogen and oxygen atoms in total. The molecule has 2 aliphatic heterocycles. The molecule has 2 N–H and O–H groups in total. The summed E-state index contributed by atoms with van der Waals surface area (Å²) in [6, 6.07) is 5.67. The molecule has 0 aliphatic carbocycles. The highest BCUT2D eigenvalue weighted by atomic mass is 35.5. The molecule has 2 heterocycles. The van der Waals surface area contributed by atoms with E-state index in [1.54, 1.807) is 0 Å². The fraction of sp³-hybridized carbons (Fsp3) is 0.625. The Balaban J connectivity index is 1.78. The van der Waals surface area contributed by atoms with Gasteiger partial charge in [-0.05, 0) is 54.7 Å². The molecule has 2 saturated heterocycles.